The summed E-state index contributed by atoms with van der Waals surface area (Å²) in [5.41, 5.74) is 1.02. The lowest BCUT2D eigenvalue weighted by Crippen LogP contribution is -2.20. The highest BCUT2D eigenvalue weighted by atomic mass is 32.2. The Morgan fingerprint density at radius 1 is 1.05 bits per heavy atom. The van der Waals surface area contributed by atoms with Crippen LogP contribution in [-0.4, -0.2) is 24.9 Å². The van der Waals surface area contributed by atoms with Gasteiger partial charge in [0.2, 0.25) is 0 Å². The van der Waals surface area contributed by atoms with Crippen molar-refractivity contribution in [1.29, 1.82) is 0 Å². The average molecular weight is 320 g/mol. The van der Waals surface area contributed by atoms with Crippen LogP contribution in [0.4, 0.5) is 0 Å². The summed E-state index contributed by atoms with van der Waals surface area (Å²) in [6.45, 7) is 1.97. The molecule has 3 rings (SSSR count). The summed E-state index contributed by atoms with van der Waals surface area (Å²) in [5.74, 6) is -1.67. The minimum atomic E-state index is -4.47. The summed E-state index contributed by atoms with van der Waals surface area (Å²) in [7, 11) is -4.47. The third-order valence-electron chi connectivity index (χ3n) is 3.54. The number of rotatable bonds is 3. The van der Waals surface area contributed by atoms with E-state index in [1.165, 1.54) is 6.07 Å². The molecule has 1 heterocycles. The fourth-order valence-corrected chi connectivity index (χ4v) is 3.19. The van der Waals surface area contributed by atoms with Crippen LogP contribution in [0.5, 0.6) is 0 Å². The summed E-state index contributed by atoms with van der Waals surface area (Å²) in [6.07, 6.45) is 1.53. The summed E-state index contributed by atoms with van der Waals surface area (Å²) in [4.78, 5) is 23.4. The van der Waals surface area contributed by atoms with Crippen LogP contribution in [0.25, 0.3) is 10.8 Å². The van der Waals surface area contributed by atoms with Gasteiger partial charge in [-0.25, -0.2) is 9.59 Å². The fourth-order valence-electron chi connectivity index (χ4n) is 2.65. The Bertz CT molecular complexity index is 927. The number of hydrogen-bond donors (Lipinski definition) is 1. The van der Waals surface area contributed by atoms with Crippen LogP contribution in [0.2, 0.25) is 0 Å². The molecule has 0 atom stereocenters. The smallest absolute Gasteiger partial charge is 0.346 e. The van der Waals surface area contributed by atoms with Crippen molar-refractivity contribution in [2.75, 3.05) is 0 Å². The van der Waals surface area contributed by atoms with Gasteiger partial charge in [-0.2, -0.15) is 8.42 Å². The first-order chi connectivity index (χ1) is 10.3. The number of hydrogen-bond acceptors (Lipinski definition) is 5. The van der Waals surface area contributed by atoms with Crippen molar-refractivity contribution < 1.29 is 27.3 Å². The number of esters is 2. The molecule has 7 heteroatoms. The van der Waals surface area contributed by atoms with Gasteiger partial charge in [-0.05, 0) is 35.6 Å². The average Bonchev–Trinajstić information content (AvgIpc) is 2.43. The van der Waals surface area contributed by atoms with Crippen molar-refractivity contribution in [3.05, 3.63) is 41.0 Å². The van der Waals surface area contributed by atoms with Crippen LogP contribution in [0.3, 0.4) is 0 Å². The maximum atomic E-state index is 11.9. The number of ether oxygens (including phenoxy) is 1. The number of carbonyl (C=O) groups is 2. The van der Waals surface area contributed by atoms with Gasteiger partial charge in [-0.1, -0.05) is 19.4 Å². The quantitative estimate of drug-likeness (QED) is 0.529. The molecular weight excluding hydrogens is 308 g/mol. The summed E-state index contributed by atoms with van der Waals surface area (Å²) in [5, 5.41) is 0.768. The van der Waals surface area contributed by atoms with E-state index < -0.39 is 27.0 Å². The van der Waals surface area contributed by atoms with E-state index in [1.54, 1.807) is 12.1 Å². The van der Waals surface area contributed by atoms with E-state index >= 15 is 0 Å². The van der Waals surface area contributed by atoms with Gasteiger partial charge < -0.3 is 4.74 Å². The molecule has 2 aromatic carbocycles. The molecule has 0 amide bonds. The molecule has 0 radical (unpaired) electrons. The second kappa shape index (κ2) is 4.89. The van der Waals surface area contributed by atoms with Crippen molar-refractivity contribution in [3.63, 3.8) is 0 Å². The molecule has 0 aliphatic carbocycles. The zero-order valence-corrected chi connectivity index (χ0v) is 12.4. The zero-order chi connectivity index (χ0) is 16.1. The number of aryl methyl sites for hydroxylation is 1. The number of benzene rings is 2. The Kier molecular flexibility index (Phi) is 3.26. The monoisotopic (exact) mass is 320 g/mol. The second-order valence-electron chi connectivity index (χ2n) is 5.11. The third-order valence-corrected chi connectivity index (χ3v) is 4.38. The molecule has 114 valence electrons. The van der Waals surface area contributed by atoms with Gasteiger partial charge in [-0.3, -0.25) is 4.55 Å². The van der Waals surface area contributed by atoms with E-state index in [2.05, 4.69) is 4.74 Å². The van der Waals surface area contributed by atoms with Gasteiger partial charge in [0, 0.05) is 5.39 Å². The normalized spacial score (nSPS) is 14.3. The standard InChI is InChI=1S/C15H12O6S/c1-2-3-8-4-9-6-10(22(18,19)20)7-12-13(9)11(5-8)14(16)21-15(12)17/h4-7H,2-3H2,1H3,(H,18,19,20). The zero-order valence-electron chi connectivity index (χ0n) is 11.6. The highest BCUT2D eigenvalue weighted by molar-refractivity contribution is 7.85. The molecule has 1 N–H and O–H groups in total. The molecule has 1 aliphatic heterocycles. The van der Waals surface area contributed by atoms with Gasteiger partial charge in [0.25, 0.3) is 10.1 Å². The topological polar surface area (TPSA) is 97.7 Å². The molecule has 0 saturated carbocycles. The number of cyclic esters (lactones) is 2. The van der Waals surface area contributed by atoms with Gasteiger partial charge >= 0.3 is 11.9 Å². The van der Waals surface area contributed by atoms with Gasteiger partial charge in [0.05, 0.1) is 16.0 Å². The molecule has 1 aliphatic rings. The lowest BCUT2D eigenvalue weighted by Gasteiger charge is -2.17. The maximum absolute atomic E-state index is 11.9. The minimum Gasteiger partial charge on any atom is -0.386 e. The molecule has 22 heavy (non-hydrogen) atoms. The molecule has 0 unspecified atom stereocenters. The van der Waals surface area contributed by atoms with Crippen molar-refractivity contribution in [2.24, 2.45) is 0 Å². The first kappa shape index (κ1) is 14.7. The minimum absolute atomic E-state index is 0.0391. The summed E-state index contributed by atoms with van der Waals surface area (Å²) in [6, 6.07) is 5.64. The van der Waals surface area contributed by atoms with E-state index in [9.17, 15) is 22.6 Å². The highest BCUT2D eigenvalue weighted by Crippen LogP contribution is 2.32. The van der Waals surface area contributed by atoms with Crippen LogP contribution in [0.1, 0.15) is 39.6 Å². The summed E-state index contributed by atoms with van der Waals surface area (Å²) < 4.78 is 36.6. The molecule has 2 aromatic rings. The van der Waals surface area contributed by atoms with E-state index in [4.69, 9.17) is 0 Å². The van der Waals surface area contributed by atoms with Crippen molar-refractivity contribution in [2.45, 2.75) is 24.7 Å². The molecule has 0 spiro atoms. The van der Waals surface area contributed by atoms with Crippen LogP contribution < -0.4 is 0 Å². The lowest BCUT2D eigenvalue weighted by molar-refractivity contribution is 0.0391. The Balaban J connectivity index is 2.44. The van der Waals surface area contributed by atoms with Crippen molar-refractivity contribution in [3.8, 4) is 0 Å². The number of carbonyl (C=O) groups excluding carboxylic acids is 2. The van der Waals surface area contributed by atoms with Crippen LogP contribution in [0, 0.1) is 0 Å². The SMILES string of the molecule is CCCc1cc2c3c(cc(S(=O)(=O)O)cc3c1)C(=O)OC2=O. The first-order valence-corrected chi connectivity index (χ1v) is 8.10. The second-order valence-corrected chi connectivity index (χ2v) is 6.54. The van der Waals surface area contributed by atoms with Gasteiger partial charge in [0.15, 0.2) is 0 Å². The van der Waals surface area contributed by atoms with Gasteiger partial charge in [0.1, 0.15) is 0 Å². The molecular formula is C15H12O6S. The molecule has 0 bridgehead atoms. The maximum Gasteiger partial charge on any atom is 0.346 e. The molecule has 0 fully saturated rings. The summed E-state index contributed by atoms with van der Waals surface area (Å²) >= 11 is 0. The molecule has 0 aromatic heterocycles. The Morgan fingerprint density at radius 3 is 2.27 bits per heavy atom. The fraction of sp³-hybridized carbons (Fsp3) is 0.200. The Labute approximate surface area is 126 Å². The van der Waals surface area contributed by atoms with Gasteiger partial charge in [-0.15, -0.1) is 0 Å². The molecule has 0 saturated heterocycles. The largest absolute Gasteiger partial charge is 0.386 e. The predicted molar refractivity (Wildman–Crippen MR) is 77.5 cm³/mol. The first-order valence-electron chi connectivity index (χ1n) is 6.66. The van der Waals surface area contributed by atoms with E-state index in [1.807, 2.05) is 6.92 Å². The van der Waals surface area contributed by atoms with Crippen LogP contribution in [-0.2, 0) is 21.3 Å². The van der Waals surface area contributed by atoms with Crippen LogP contribution >= 0.6 is 0 Å². The Morgan fingerprint density at radius 2 is 1.68 bits per heavy atom. The van der Waals surface area contributed by atoms with E-state index in [0.29, 0.717) is 17.2 Å². The van der Waals surface area contributed by atoms with Crippen molar-refractivity contribution >= 4 is 32.8 Å². The van der Waals surface area contributed by atoms with E-state index in [0.717, 1.165) is 18.1 Å². The Hall–Kier alpha value is -2.25. The highest BCUT2D eigenvalue weighted by Gasteiger charge is 2.29. The predicted octanol–water partition coefficient (Wildman–Crippen LogP) is 2.35. The van der Waals surface area contributed by atoms with E-state index in [-0.39, 0.29) is 11.1 Å². The molecule has 6 nitrogen and oxygen atoms in total. The van der Waals surface area contributed by atoms with Crippen molar-refractivity contribution in [1.82, 2.24) is 0 Å². The third kappa shape index (κ3) is 2.28. The van der Waals surface area contributed by atoms with Crippen LogP contribution in [0.15, 0.2) is 29.2 Å². The lowest BCUT2D eigenvalue weighted by atomic mass is 9.94.